The van der Waals surface area contributed by atoms with Gasteiger partial charge in [0.15, 0.2) is 0 Å². The number of piperazine rings is 1. The zero-order chi connectivity index (χ0) is 16.5. The first kappa shape index (κ1) is 15.5. The van der Waals surface area contributed by atoms with Crippen molar-refractivity contribution < 1.29 is 8.78 Å². The molecular weight excluding hydrogens is 306 g/mol. The van der Waals surface area contributed by atoms with E-state index in [1.165, 1.54) is 0 Å². The predicted molar refractivity (Wildman–Crippen MR) is 94.6 cm³/mol. The lowest BCUT2D eigenvalue weighted by Gasteiger charge is -2.35. The van der Waals surface area contributed by atoms with E-state index in [-0.39, 0.29) is 0 Å². The van der Waals surface area contributed by atoms with Crippen LogP contribution in [0.5, 0.6) is 0 Å². The van der Waals surface area contributed by atoms with Crippen molar-refractivity contribution in [3.05, 3.63) is 60.2 Å². The molecule has 0 amide bonds. The highest BCUT2D eigenvalue weighted by molar-refractivity contribution is 6.09. The van der Waals surface area contributed by atoms with Gasteiger partial charge in [-0.1, -0.05) is 48.5 Å². The van der Waals surface area contributed by atoms with Gasteiger partial charge in [-0.15, -0.1) is 0 Å². The largest absolute Gasteiger partial charge is 0.314 e. The van der Waals surface area contributed by atoms with E-state index in [0.717, 1.165) is 40.2 Å². The second-order valence-corrected chi connectivity index (χ2v) is 6.30. The number of rotatable bonds is 3. The molecule has 1 fully saturated rings. The lowest BCUT2D eigenvalue weighted by Crippen LogP contribution is -2.46. The SMILES string of the molecule is FC(F)[C@H](c1cc2ccccc2c2ccccc12)N1CCNCC1. The summed E-state index contributed by atoms with van der Waals surface area (Å²) in [5.41, 5.74) is 0.737. The average Bonchev–Trinajstić information content (AvgIpc) is 2.63. The maximum absolute atomic E-state index is 14.0. The number of nitrogens with zero attached hydrogens (tertiary/aromatic N) is 1. The van der Waals surface area contributed by atoms with Crippen LogP contribution in [0, 0.1) is 0 Å². The maximum atomic E-state index is 14.0. The third-order valence-corrected chi connectivity index (χ3v) is 4.90. The Kier molecular flexibility index (Phi) is 4.17. The average molecular weight is 326 g/mol. The van der Waals surface area contributed by atoms with E-state index in [1.54, 1.807) is 0 Å². The van der Waals surface area contributed by atoms with Crippen LogP contribution in [0.2, 0.25) is 0 Å². The van der Waals surface area contributed by atoms with Crippen molar-refractivity contribution in [1.82, 2.24) is 10.2 Å². The van der Waals surface area contributed by atoms with Crippen LogP contribution in [0.4, 0.5) is 8.78 Å². The number of hydrogen-bond donors (Lipinski definition) is 1. The highest BCUT2D eigenvalue weighted by Gasteiger charge is 2.31. The number of halogens is 2. The molecule has 2 nitrogen and oxygen atoms in total. The maximum Gasteiger partial charge on any atom is 0.258 e. The molecule has 1 N–H and O–H groups in total. The Morgan fingerprint density at radius 3 is 2.17 bits per heavy atom. The quantitative estimate of drug-likeness (QED) is 0.726. The monoisotopic (exact) mass is 326 g/mol. The molecule has 0 aliphatic carbocycles. The standard InChI is InChI=1S/C20H20F2N2/c21-20(22)19(24-11-9-23-10-12-24)18-13-14-5-1-2-6-15(14)16-7-3-4-8-17(16)18/h1-8,13,19-20,23H,9-12H2/t19-/m0/s1. The van der Waals surface area contributed by atoms with Gasteiger partial charge in [0.1, 0.15) is 0 Å². The summed E-state index contributed by atoms with van der Waals surface area (Å²) in [5.74, 6) is 0. The van der Waals surface area contributed by atoms with Gasteiger partial charge < -0.3 is 5.32 Å². The van der Waals surface area contributed by atoms with Crippen LogP contribution in [-0.2, 0) is 0 Å². The summed E-state index contributed by atoms with van der Waals surface area (Å²) >= 11 is 0. The van der Waals surface area contributed by atoms with Crippen LogP contribution in [0.1, 0.15) is 11.6 Å². The molecule has 4 heteroatoms. The van der Waals surface area contributed by atoms with Gasteiger partial charge in [-0.2, -0.15) is 0 Å². The molecule has 1 atom stereocenters. The van der Waals surface area contributed by atoms with Crippen molar-refractivity contribution in [3.8, 4) is 0 Å². The fourth-order valence-corrected chi connectivity index (χ4v) is 3.78. The molecule has 0 unspecified atom stereocenters. The van der Waals surface area contributed by atoms with Gasteiger partial charge in [-0.3, -0.25) is 4.90 Å². The van der Waals surface area contributed by atoms with Crippen molar-refractivity contribution in [2.45, 2.75) is 12.5 Å². The topological polar surface area (TPSA) is 15.3 Å². The summed E-state index contributed by atoms with van der Waals surface area (Å²) in [7, 11) is 0. The molecule has 1 saturated heterocycles. The predicted octanol–water partition coefficient (Wildman–Crippen LogP) is 4.20. The first-order valence-corrected chi connectivity index (χ1v) is 8.39. The number of fused-ring (bicyclic) bond motifs is 3. The zero-order valence-corrected chi connectivity index (χ0v) is 13.4. The third kappa shape index (κ3) is 2.66. The summed E-state index contributed by atoms with van der Waals surface area (Å²) in [5, 5.41) is 7.35. The van der Waals surface area contributed by atoms with E-state index in [2.05, 4.69) is 11.4 Å². The van der Waals surface area contributed by atoms with Gasteiger partial charge in [0.2, 0.25) is 0 Å². The second kappa shape index (κ2) is 6.46. The fourth-order valence-electron chi connectivity index (χ4n) is 3.78. The van der Waals surface area contributed by atoms with Crippen molar-refractivity contribution in [1.29, 1.82) is 0 Å². The van der Waals surface area contributed by atoms with Crippen molar-refractivity contribution in [2.75, 3.05) is 26.2 Å². The minimum Gasteiger partial charge on any atom is -0.314 e. The minimum atomic E-state index is -2.41. The van der Waals surface area contributed by atoms with Crippen LogP contribution < -0.4 is 5.32 Å². The first-order valence-electron chi connectivity index (χ1n) is 8.39. The number of hydrogen-bond acceptors (Lipinski definition) is 2. The van der Waals surface area contributed by atoms with E-state index in [9.17, 15) is 8.78 Å². The van der Waals surface area contributed by atoms with E-state index in [4.69, 9.17) is 0 Å². The molecule has 24 heavy (non-hydrogen) atoms. The van der Waals surface area contributed by atoms with E-state index in [1.807, 2.05) is 53.4 Å². The van der Waals surface area contributed by atoms with Crippen LogP contribution in [-0.4, -0.2) is 37.5 Å². The number of alkyl halides is 2. The molecule has 0 bridgehead atoms. The third-order valence-electron chi connectivity index (χ3n) is 4.90. The summed E-state index contributed by atoms with van der Waals surface area (Å²) in [6.07, 6.45) is -2.41. The van der Waals surface area contributed by atoms with E-state index >= 15 is 0 Å². The first-order chi connectivity index (χ1) is 11.8. The molecule has 3 aromatic carbocycles. The Balaban J connectivity index is 1.95. The molecule has 1 aliphatic heterocycles. The molecule has 1 heterocycles. The summed E-state index contributed by atoms with van der Waals surface area (Å²) in [6, 6.07) is 17.0. The molecule has 0 aromatic heterocycles. The highest BCUT2D eigenvalue weighted by atomic mass is 19.3. The molecule has 3 aromatic rings. The lowest BCUT2D eigenvalue weighted by atomic mass is 9.92. The summed E-state index contributed by atoms with van der Waals surface area (Å²) < 4.78 is 28.1. The summed E-state index contributed by atoms with van der Waals surface area (Å²) in [6.45, 7) is 2.82. The Bertz CT molecular complexity index is 857. The van der Waals surface area contributed by atoms with Gasteiger partial charge in [0.05, 0.1) is 6.04 Å². The Morgan fingerprint density at radius 1 is 0.833 bits per heavy atom. The van der Waals surface area contributed by atoms with Crippen LogP contribution in [0.3, 0.4) is 0 Å². The lowest BCUT2D eigenvalue weighted by molar-refractivity contribution is 0.0189. The molecule has 0 saturated carbocycles. The van der Waals surface area contributed by atoms with Crippen molar-refractivity contribution in [3.63, 3.8) is 0 Å². The van der Waals surface area contributed by atoms with Crippen LogP contribution in [0.25, 0.3) is 21.5 Å². The molecular formula is C20H20F2N2. The molecule has 1 aliphatic rings. The van der Waals surface area contributed by atoms with Gasteiger partial charge >= 0.3 is 0 Å². The van der Waals surface area contributed by atoms with Gasteiger partial charge in [0, 0.05) is 26.2 Å². The summed E-state index contributed by atoms with van der Waals surface area (Å²) in [4.78, 5) is 1.91. The Morgan fingerprint density at radius 2 is 1.46 bits per heavy atom. The molecule has 4 rings (SSSR count). The van der Waals surface area contributed by atoms with E-state index < -0.39 is 12.5 Å². The number of nitrogens with one attached hydrogen (secondary N) is 1. The number of benzene rings is 3. The Labute approximate surface area is 140 Å². The molecule has 124 valence electrons. The molecule has 0 spiro atoms. The molecule has 0 radical (unpaired) electrons. The zero-order valence-electron chi connectivity index (χ0n) is 13.4. The normalized spacial score (nSPS) is 17.6. The fraction of sp³-hybridized carbons (Fsp3) is 0.300. The van der Waals surface area contributed by atoms with Gasteiger partial charge in [0.25, 0.3) is 6.43 Å². The smallest absolute Gasteiger partial charge is 0.258 e. The van der Waals surface area contributed by atoms with Crippen LogP contribution in [0.15, 0.2) is 54.6 Å². The second-order valence-electron chi connectivity index (χ2n) is 6.30. The van der Waals surface area contributed by atoms with Crippen LogP contribution >= 0.6 is 0 Å². The van der Waals surface area contributed by atoms with E-state index in [0.29, 0.717) is 13.1 Å². The highest BCUT2D eigenvalue weighted by Crippen LogP contribution is 2.37. The van der Waals surface area contributed by atoms with Crippen molar-refractivity contribution >= 4 is 21.5 Å². The van der Waals surface area contributed by atoms with Gasteiger partial charge in [-0.05, 0) is 33.2 Å². The van der Waals surface area contributed by atoms with Crippen molar-refractivity contribution in [2.24, 2.45) is 0 Å². The minimum absolute atomic E-state index is 0.649. The van der Waals surface area contributed by atoms with Gasteiger partial charge in [-0.25, -0.2) is 8.78 Å². The Hall–Kier alpha value is -2.04.